The van der Waals surface area contributed by atoms with Gasteiger partial charge >= 0.3 is 0 Å². The van der Waals surface area contributed by atoms with Crippen molar-refractivity contribution >= 4 is 0 Å². The molecular formula is C16H21N3O. The fourth-order valence-electron chi connectivity index (χ4n) is 2.00. The first-order chi connectivity index (χ1) is 9.83. The summed E-state index contributed by atoms with van der Waals surface area (Å²) in [5.74, 6) is 1.85. The number of hydrogen-bond donors (Lipinski definition) is 2. The lowest BCUT2D eigenvalue weighted by molar-refractivity contribution is 0.363. The van der Waals surface area contributed by atoms with E-state index in [1.807, 2.05) is 18.3 Å². The zero-order chi connectivity index (χ0) is 14.2. The molecule has 1 heterocycles. The molecule has 4 nitrogen and oxygen atoms in total. The van der Waals surface area contributed by atoms with Gasteiger partial charge in [-0.15, -0.1) is 0 Å². The average molecular weight is 271 g/mol. The summed E-state index contributed by atoms with van der Waals surface area (Å²) >= 11 is 0. The van der Waals surface area contributed by atoms with Crippen molar-refractivity contribution in [3.8, 4) is 5.75 Å². The van der Waals surface area contributed by atoms with Crippen LogP contribution in [0.1, 0.15) is 30.8 Å². The fourth-order valence-corrected chi connectivity index (χ4v) is 2.00. The van der Waals surface area contributed by atoms with E-state index in [0.717, 1.165) is 24.5 Å². The van der Waals surface area contributed by atoms with Crippen molar-refractivity contribution in [2.45, 2.75) is 25.9 Å². The number of rotatable bonds is 8. The second-order valence-corrected chi connectivity index (χ2v) is 4.56. The summed E-state index contributed by atoms with van der Waals surface area (Å²) < 4.78 is 5.46. The Balaban J connectivity index is 1.88. The summed E-state index contributed by atoms with van der Waals surface area (Å²) in [5, 5.41) is 3.50. The van der Waals surface area contributed by atoms with Crippen molar-refractivity contribution in [1.29, 1.82) is 0 Å². The van der Waals surface area contributed by atoms with Gasteiger partial charge in [0.2, 0.25) is 0 Å². The summed E-state index contributed by atoms with van der Waals surface area (Å²) in [7, 11) is 0. The van der Waals surface area contributed by atoms with Crippen LogP contribution in [0.3, 0.4) is 0 Å². The van der Waals surface area contributed by atoms with Gasteiger partial charge in [-0.3, -0.25) is 0 Å². The lowest BCUT2D eigenvalue weighted by Gasteiger charge is -2.14. The highest BCUT2D eigenvalue weighted by Gasteiger charge is 2.10. The topological polar surface area (TPSA) is 49.9 Å². The third-order valence-corrected chi connectivity index (χ3v) is 3.10. The second-order valence-electron chi connectivity index (χ2n) is 4.56. The SMILES string of the molecule is C=CCOc1ccc(CNC(CC)c2ncc[nH]2)cc1. The van der Waals surface area contributed by atoms with Gasteiger partial charge in [-0.25, -0.2) is 4.98 Å². The Hall–Kier alpha value is -2.07. The van der Waals surface area contributed by atoms with Crippen molar-refractivity contribution in [2.75, 3.05) is 6.61 Å². The van der Waals surface area contributed by atoms with Gasteiger partial charge in [0.15, 0.2) is 0 Å². The van der Waals surface area contributed by atoms with Crippen LogP contribution < -0.4 is 10.1 Å². The predicted molar refractivity (Wildman–Crippen MR) is 80.6 cm³/mol. The summed E-state index contributed by atoms with van der Waals surface area (Å²) in [6.45, 7) is 7.12. The molecule has 0 fully saturated rings. The Morgan fingerprint density at radius 3 is 2.80 bits per heavy atom. The molecule has 0 saturated heterocycles. The minimum atomic E-state index is 0.252. The number of aromatic nitrogens is 2. The van der Waals surface area contributed by atoms with Crippen LogP contribution in [0, 0.1) is 0 Å². The van der Waals surface area contributed by atoms with Crippen LogP contribution in [0.2, 0.25) is 0 Å². The van der Waals surface area contributed by atoms with E-state index in [9.17, 15) is 0 Å². The van der Waals surface area contributed by atoms with Crippen LogP contribution in [-0.4, -0.2) is 16.6 Å². The normalized spacial score (nSPS) is 12.1. The number of imidazole rings is 1. The summed E-state index contributed by atoms with van der Waals surface area (Å²) in [4.78, 5) is 7.45. The molecule has 0 spiro atoms. The molecule has 1 aromatic heterocycles. The van der Waals surface area contributed by atoms with E-state index >= 15 is 0 Å². The van der Waals surface area contributed by atoms with Crippen LogP contribution in [0.5, 0.6) is 5.75 Å². The Labute approximate surface area is 119 Å². The predicted octanol–water partition coefficient (Wildman–Crippen LogP) is 3.22. The number of hydrogen-bond acceptors (Lipinski definition) is 3. The molecule has 2 aromatic rings. The van der Waals surface area contributed by atoms with Crippen molar-refractivity contribution in [3.63, 3.8) is 0 Å². The van der Waals surface area contributed by atoms with E-state index in [1.165, 1.54) is 5.56 Å². The molecule has 2 rings (SSSR count). The van der Waals surface area contributed by atoms with E-state index in [2.05, 4.69) is 40.9 Å². The summed E-state index contributed by atoms with van der Waals surface area (Å²) in [6, 6.07) is 8.35. The third-order valence-electron chi connectivity index (χ3n) is 3.10. The number of H-pyrrole nitrogens is 1. The lowest BCUT2D eigenvalue weighted by Crippen LogP contribution is -2.21. The molecule has 20 heavy (non-hydrogen) atoms. The van der Waals surface area contributed by atoms with Crippen molar-refractivity contribution < 1.29 is 4.74 Å². The van der Waals surface area contributed by atoms with Crippen molar-refractivity contribution in [1.82, 2.24) is 15.3 Å². The highest BCUT2D eigenvalue weighted by molar-refractivity contribution is 5.27. The first kappa shape index (κ1) is 14.3. The quantitative estimate of drug-likeness (QED) is 0.725. The number of nitrogens with zero attached hydrogens (tertiary/aromatic N) is 1. The van der Waals surface area contributed by atoms with Crippen molar-refractivity contribution in [2.24, 2.45) is 0 Å². The monoisotopic (exact) mass is 271 g/mol. The minimum absolute atomic E-state index is 0.252. The number of ether oxygens (including phenoxy) is 1. The largest absolute Gasteiger partial charge is 0.490 e. The molecule has 1 atom stereocenters. The molecule has 0 amide bonds. The third kappa shape index (κ3) is 3.96. The van der Waals surface area contributed by atoms with Crippen LogP contribution >= 0.6 is 0 Å². The fraction of sp³-hybridized carbons (Fsp3) is 0.312. The maximum atomic E-state index is 5.46. The molecule has 0 aliphatic heterocycles. The number of aromatic amines is 1. The zero-order valence-electron chi connectivity index (χ0n) is 11.8. The van der Waals surface area contributed by atoms with Gasteiger partial charge in [0.05, 0.1) is 6.04 Å². The Bertz CT molecular complexity index is 505. The molecule has 0 bridgehead atoms. The van der Waals surface area contributed by atoms with Gasteiger partial charge in [-0.2, -0.15) is 0 Å². The molecular weight excluding hydrogens is 250 g/mol. The van der Waals surface area contributed by atoms with Crippen LogP contribution in [0.15, 0.2) is 49.3 Å². The molecule has 4 heteroatoms. The Kier molecular flexibility index (Phi) is 5.38. The molecule has 1 unspecified atom stereocenters. The summed E-state index contributed by atoms with van der Waals surface area (Å²) in [6.07, 6.45) is 6.37. The molecule has 0 aliphatic rings. The van der Waals surface area contributed by atoms with Crippen molar-refractivity contribution in [3.05, 3.63) is 60.7 Å². The van der Waals surface area contributed by atoms with Gasteiger partial charge in [0.25, 0.3) is 0 Å². The highest BCUT2D eigenvalue weighted by Crippen LogP contribution is 2.15. The first-order valence-corrected chi connectivity index (χ1v) is 6.88. The lowest BCUT2D eigenvalue weighted by atomic mass is 10.1. The molecule has 2 N–H and O–H groups in total. The Morgan fingerprint density at radius 2 is 2.20 bits per heavy atom. The highest BCUT2D eigenvalue weighted by atomic mass is 16.5. The van der Waals surface area contributed by atoms with Gasteiger partial charge in [0.1, 0.15) is 18.2 Å². The van der Waals surface area contributed by atoms with E-state index in [4.69, 9.17) is 4.74 Å². The minimum Gasteiger partial charge on any atom is -0.490 e. The zero-order valence-corrected chi connectivity index (χ0v) is 11.8. The molecule has 0 aliphatic carbocycles. The second kappa shape index (κ2) is 7.50. The van der Waals surface area contributed by atoms with Gasteiger partial charge in [-0.1, -0.05) is 31.7 Å². The number of benzene rings is 1. The molecule has 0 saturated carbocycles. The maximum Gasteiger partial charge on any atom is 0.123 e. The van der Waals surface area contributed by atoms with E-state index in [-0.39, 0.29) is 6.04 Å². The maximum absolute atomic E-state index is 5.46. The van der Waals surface area contributed by atoms with Crippen LogP contribution in [-0.2, 0) is 6.54 Å². The van der Waals surface area contributed by atoms with E-state index in [1.54, 1.807) is 12.3 Å². The molecule has 1 aromatic carbocycles. The smallest absolute Gasteiger partial charge is 0.123 e. The van der Waals surface area contributed by atoms with Gasteiger partial charge < -0.3 is 15.0 Å². The Morgan fingerprint density at radius 1 is 1.40 bits per heavy atom. The van der Waals surface area contributed by atoms with E-state index < -0.39 is 0 Å². The van der Waals surface area contributed by atoms with Crippen LogP contribution in [0.4, 0.5) is 0 Å². The molecule has 0 radical (unpaired) electrons. The van der Waals surface area contributed by atoms with Gasteiger partial charge in [0, 0.05) is 18.9 Å². The summed E-state index contributed by atoms with van der Waals surface area (Å²) in [5.41, 5.74) is 1.22. The van der Waals surface area contributed by atoms with Gasteiger partial charge in [-0.05, 0) is 24.1 Å². The number of nitrogens with one attached hydrogen (secondary N) is 2. The standard InChI is InChI=1S/C16H21N3O/c1-3-11-20-14-7-5-13(6-8-14)12-19-15(4-2)16-17-9-10-18-16/h3,5-10,15,19H,1,4,11-12H2,2H3,(H,17,18). The average Bonchev–Trinajstić information content (AvgIpc) is 3.01. The van der Waals surface area contributed by atoms with Crippen LogP contribution in [0.25, 0.3) is 0 Å². The molecule has 106 valence electrons. The first-order valence-electron chi connectivity index (χ1n) is 6.88. The van der Waals surface area contributed by atoms with E-state index in [0.29, 0.717) is 6.61 Å².